The van der Waals surface area contributed by atoms with Gasteiger partial charge in [0.05, 0.1) is 6.04 Å². The average molecular weight is 243 g/mol. The van der Waals surface area contributed by atoms with E-state index in [0.29, 0.717) is 6.04 Å². The Morgan fingerprint density at radius 1 is 1.35 bits per heavy atom. The molecule has 0 spiro atoms. The highest BCUT2D eigenvalue weighted by molar-refractivity contribution is 7.07. The Kier molecular flexibility index (Phi) is 2.57. The Labute approximate surface area is 104 Å². The number of hydrogen-bond acceptors (Lipinski definition) is 3. The summed E-state index contributed by atoms with van der Waals surface area (Å²) in [4.78, 5) is 4.27. The lowest BCUT2D eigenvalue weighted by Crippen LogP contribution is -2.08. The van der Waals surface area contributed by atoms with Crippen LogP contribution in [0.25, 0.3) is 5.65 Å². The van der Waals surface area contributed by atoms with Gasteiger partial charge in [0.25, 0.3) is 0 Å². The van der Waals surface area contributed by atoms with Gasteiger partial charge in [-0.25, -0.2) is 4.98 Å². The van der Waals surface area contributed by atoms with Crippen LogP contribution in [0.4, 0.5) is 5.82 Å². The molecule has 4 heteroatoms. The van der Waals surface area contributed by atoms with Crippen molar-refractivity contribution in [3.63, 3.8) is 0 Å². The van der Waals surface area contributed by atoms with Crippen molar-refractivity contribution in [2.75, 3.05) is 5.32 Å². The molecule has 0 bridgehead atoms. The Morgan fingerprint density at radius 2 is 2.29 bits per heavy atom. The van der Waals surface area contributed by atoms with E-state index < -0.39 is 0 Å². The topological polar surface area (TPSA) is 29.3 Å². The second-order valence-corrected chi connectivity index (χ2v) is 4.77. The molecule has 86 valence electrons. The maximum absolute atomic E-state index is 4.27. The molecule has 3 nitrogen and oxygen atoms in total. The normalized spacial score (nSPS) is 12.8. The minimum atomic E-state index is 0.300. The van der Waals surface area contributed by atoms with Crippen LogP contribution in [0.2, 0.25) is 0 Å². The summed E-state index contributed by atoms with van der Waals surface area (Å²) in [5, 5.41) is 7.78. The van der Waals surface area contributed by atoms with Crippen LogP contribution in [0.15, 0.2) is 47.4 Å². The predicted octanol–water partition coefficient (Wildman–Crippen LogP) is 3.57. The number of nitrogens with one attached hydrogen (secondary N) is 1. The molecule has 0 saturated heterocycles. The number of anilines is 1. The van der Waals surface area contributed by atoms with Crippen LogP contribution < -0.4 is 5.32 Å². The van der Waals surface area contributed by atoms with Crippen molar-refractivity contribution in [3.8, 4) is 0 Å². The molecule has 3 aromatic rings. The van der Waals surface area contributed by atoms with E-state index in [0.717, 1.165) is 11.5 Å². The molecule has 3 rings (SSSR count). The van der Waals surface area contributed by atoms with E-state index in [-0.39, 0.29) is 0 Å². The Morgan fingerprint density at radius 3 is 3.12 bits per heavy atom. The third-order valence-corrected chi connectivity index (χ3v) is 3.54. The lowest BCUT2D eigenvalue weighted by Gasteiger charge is -2.15. The van der Waals surface area contributed by atoms with Crippen molar-refractivity contribution >= 4 is 22.8 Å². The quantitative estimate of drug-likeness (QED) is 0.762. The molecule has 17 heavy (non-hydrogen) atoms. The number of aromatic nitrogens is 2. The van der Waals surface area contributed by atoms with E-state index in [2.05, 4.69) is 44.5 Å². The average Bonchev–Trinajstić information content (AvgIpc) is 3.00. The van der Waals surface area contributed by atoms with Gasteiger partial charge in [-0.2, -0.15) is 11.3 Å². The summed E-state index contributed by atoms with van der Waals surface area (Å²) in [5.74, 6) is 1.07. The number of hydrogen-bond donors (Lipinski definition) is 1. The summed E-state index contributed by atoms with van der Waals surface area (Å²) in [7, 11) is 0. The van der Waals surface area contributed by atoms with Crippen LogP contribution >= 0.6 is 11.3 Å². The zero-order valence-electron chi connectivity index (χ0n) is 9.50. The number of imidazole rings is 1. The van der Waals surface area contributed by atoms with Crippen LogP contribution in [-0.2, 0) is 0 Å². The van der Waals surface area contributed by atoms with Gasteiger partial charge in [-0.05, 0) is 41.4 Å². The first-order valence-corrected chi connectivity index (χ1v) is 6.49. The second kappa shape index (κ2) is 4.22. The van der Waals surface area contributed by atoms with Gasteiger partial charge >= 0.3 is 0 Å². The number of thiophene rings is 1. The molecule has 0 fully saturated rings. The zero-order valence-corrected chi connectivity index (χ0v) is 10.3. The molecule has 1 unspecified atom stereocenters. The molecule has 0 aliphatic heterocycles. The monoisotopic (exact) mass is 243 g/mol. The summed E-state index contributed by atoms with van der Waals surface area (Å²) in [5.41, 5.74) is 2.28. The van der Waals surface area contributed by atoms with Crippen LogP contribution in [0, 0.1) is 0 Å². The number of fused-ring (bicyclic) bond motifs is 1. The molecule has 0 radical (unpaired) electrons. The SMILES string of the molecule is CC(Nc1cccc2nccn12)c1ccsc1. The third-order valence-electron chi connectivity index (χ3n) is 2.84. The first-order valence-electron chi connectivity index (χ1n) is 5.55. The van der Waals surface area contributed by atoms with Crippen LogP contribution in [-0.4, -0.2) is 9.38 Å². The van der Waals surface area contributed by atoms with Gasteiger partial charge in [-0.3, -0.25) is 4.40 Å². The van der Waals surface area contributed by atoms with E-state index in [1.807, 2.05) is 24.5 Å². The van der Waals surface area contributed by atoms with Gasteiger partial charge in [-0.15, -0.1) is 0 Å². The molecule has 0 aliphatic carbocycles. The van der Waals surface area contributed by atoms with Crippen LogP contribution in [0.5, 0.6) is 0 Å². The highest BCUT2D eigenvalue weighted by Gasteiger charge is 2.07. The van der Waals surface area contributed by atoms with Gasteiger partial charge in [0.2, 0.25) is 0 Å². The van der Waals surface area contributed by atoms with E-state index in [9.17, 15) is 0 Å². The second-order valence-electron chi connectivity index (χ2n) is 3.99. The Hall–Kier alpha value is -1.81. The number of pyridine rings is 1. The summed E-state index contributed by atoms with van der Waals surface area (Å²) in [6.45, 7) is 2.16. The van der Waals surface area contributed by atoms with Crippen molar-refractivity contribution in [1.29, 1.82) is 0 Å². The van der Waals surface area contributed by atoms with Crippen molar-refractivity contribution in [1.82, 2.24) is 9.38 Å². The molecule has 0 amide bonds. The Balaban J connectivity index is 1.92. The lowest BCUT2D eigenvalue weighted by molar-refractivity contribution is 0.873. The summed E-state index contributed by atoms with van der Waals surface area (Å²) < 4.78 is 2.06. The van der Waals surface area contributed by atoms with Crippen LogP contribution in [0.3, 0.4) is 0 Å². The highest BCUT2D eigenvalue weighted by Crippen LogP contribution is 2.21. The zero-order chi connectivity index (χ0) is 11.7. The molecular weight excluding hydrogens is 230 g/mol. The van der Waals surface area contributed by atoms with Gasteiger partial charge in [-0.1, -0.05) is 6.07 Å². The fourth-order valence-corrected chi connectivity index (χ4v) is 2.65. The minimum Gasteiger partial charge on any atom is -0.365 e. The number of nitrogens with zero attached hydrogens (tertiary/aromatic N) is 2. The van der Waals surface area contributed by atoms with Gasteiger partial charge < -0.3 is 5.32 Å². The van der Waals surface area contributed by atoms with E-state index in [1.165, 1.54) is 5.56 Å². The fourth-order valence-electron chi connectivity index (χ4n) is 1.89. The lowest BCUT2D eigenvalue weighted by atomic mass is 10.2. The maximum Gasteiger partial charge on any atom is 0.138 e. The summed E-state index contributed by atoms with van der Waals surface area (Å²) in [6.07, 6.45) is 3.79. The van der Waals surface area contributed by atoms with E-state index >= 15 is 0 Å². The molecule has 0 aliphatic rings. The molecular formula is C13H13N3S. The third kappa shape index (κ3) is 1.91. The molecule has 1 atom stereocenters. The Bertz CT molecular complexity index is 612. The molecule has 0 aromatic carbocycles. The summed E-state index contributed by atoms with van der Waals surface area (Å²) >= 11 is 1.72. The standard InChI is InChI=1S/C13H13N3S/c1-10(11-5-8-17-9-11)15-13-4-2-3-12-14-6-7-16(12)13/h2-10,15H,1H3. The predicted molar refractivity (Wildman–Crippen MR) is 71.5 cm³/mol. The number of rotatable bonds is 3. The molecule has 3 heterocycles. The minimum absolute atomic E-state index is 0.300. The van der Waals surface area contributed by atoms with Crippen molar-refractivity contribution in [2.24, 2.45) is 0 Å². The largest absolute Gasteiger partial charge is 0.365 e. The summed E-state index contributed by atoms with van der Waals surface area (Å²) in [6, 6.07) is 8.54. The van der Waals surface area contributed by atoms with Crippen LogP contribution in [0.1, 0.15) is 18.5 Å². The van der Waals surface area contributed by atoms with Gasteiger partial charge in [0.1, 0.15) is 11.5 Å². The smallest absolute Gasteiger partial charge is 0.138 e. The van der Waals surface area contributed by atoms with Crippen molar-refractivity contribution in [2.45, 2.75) is 13.0 Å². The van der Waals surface area contributed by atoms with Crippen molar-refractivity contribution in [3.05, 3.63) is 53.0 Å². The highest BCUT2D eigenvalue weighted by atomic mass is 32.1. The fraction of sp³-hybridized carbons (Fsp3) is 0.154. The first kappa shape index (κ1) is 10.4. The van der Waals surface area contributed by atoms with Gasteiger partial charge in [0, 0.05) is 12.4 Å². The maximum atomic E-state index is 4.27. The molecule has 0 saturated carbocycles. The van der Waals surface area contributed by atoms with E-state index in [1.54, 1.807) is 11.3 Å². The van der Waals surface area contributed by atoms with E-state index in [4.69, 9.17) is 0 Å². The molecule has 3 aromatic heterocycles. The van der Waals surface area contributed by atoms with Gasteiger partial charge in [0.15, 0.2) is 0 Å². The molecule has 1 N–H and O–H groups in total. The van der Waals surface area contributed by atoms with Crippen molar-refractivity contribution < 1.29 is 0 Å². The first-order chi connectivity index (χ1) is 8.34.